The summed E-state index contributed by atoms with van der Waals surface area (Å²) >= 11 is 0. The molecular weight excluding hydrogens is 194 g/mol. The highest BCUT2D eigenvalue weighted by atomic mass is 16.5. The standard InChI is InChI=1S/C11H21NO3/c1-5-15-9(13)7-6-8-12-10(14)11(2,3)4/h5-8H2,1-4H3,(H,12,14). The molecule has 0 rings (SSSR count). The van der Waals surface area contributed by atoms with Crippen molar-refractivity contribution in [1.82, 2.24) is 5.32 Å². The number of carbonyl (C=O) groups is 2. The molecule has 0 saturated carbocycles. The molecule has 88 valence electrons. The van der Waals surface area contributed by atoms with E-state index >= 15 is 0 Å². The molecule has 0 spiro atoms. The average molecular weight is 215 g/mol. The van der Waals surface area contributed by atoms with E-state index in [0.717, 1.165) is 0 Å². The lowest BCUT2D eigenvalue weighted by Crippen LogP contribution is -2.35. The number of amides is 1. The minimum atomic E-state index is -0.371. The Kier molecular flexibility index (Phi) is 5.97. The lowest BCUT2D eigenvalue weighted by molar-refractivity contribution is -0.143. The summed E-state index contributed by atoms with van der Waals surface area (Å²) in [4.78, 5) is 22.4. The zero-order valence-corrected chi connectivity index (χ0v) is 10.1. The third-order valence-corrected chi connectivity index (χ3v) is 1.83. The normalized spacial score (nSPS) is 10.9. The Morgan fingerprint density at radius 3 is 2.33 bits per heavy atom. The summed E-state index contributed by atoms with van der Waals surface area (Å²) < 4.78 is 4.76. The first-order chi connectivity index (χ1) is 6.88. The van der Waals surface area contributed by atoms with Crippen LogP contribution in [0, 0.1) is 5.41 Å². The lowest BCUT2D eigenvalue weighted by atomic mass is 9.96. The molecule has 0 aromatic carbocycles. The third-order valence-electron chi connectivity index (χ3n) is 1.83. The van der Waals surface area contributed by atoms with Crippen LogP contribution < -0.4 is 5.32 Å². The minimum Gasteiger partial charge on any atom is -0.466 e. The van der Waals surface area contributed by atoms with Crippen LogP contribution in [0.2, 0.25) is 0 Å². The summed E-state index contributed by atoms with van der Waals surface area (Å²) in [7, 11) is 0. The molecule has 0 saturated heterocycles. The summed E-state index contributed by atoms with van der Waals surface area (Å²) in [6.07, 6.45) is 0.985. The Morgan fingerprint density at radius 1 is 1.27 bits per heavy atom. The lowest BCUT2D eigenvalue weighted by Gasteiger charge is -2.17. The van der Waals surface area contributed by atoms with Gasteiger partial charge in [-0.3, -0.25) is 9.59 Å². The van der Waals surface area contributed by atoms with Gasteiger partial charge in [0.05, 0.1) is 6.61 Å². The van der Waals surface area contributed by atoms with Gasteiger partial charge < -0.3 is 10.1 Å². The molecule has 1 amide bonds. The SMILES string of the molecule is CCOC(=O)CCCNC(=O)C(C)(C)C. The first-order valence-electron chi connectivity index (χ1n) is 5.32. The number of nitrogens with one attached hydrogen (secondary N) is 1. The summed E-state index contributed by atoms with van der Waals surface area (Å²) in [5.41, 5.74) is -0.371. The molecule has 15 heavy (non-hydrogen) atoms. The Labute approximate surface area is 91.4 Å². The second-order valence-electron chi connectivity index (χ2n) is 4.41. The fourth-order valence-electron chi connectivity index (χ4n) is 0.933. The van der Waals surface area contributed by atoms with Gasteiger partial charge in [0, 0.05) is 18.4 Å². The van der Waals surface area contributed by atoms with Crippen molar-refractivity contribution in [2.24, 2.45) is 5.41 Å². The van der Waals surface area contributed by atoms with Gasteiger partial charge in [0.1, 0.15) is 0 Å². The van der Waals surface area contributed by atoms with E-state index in [1.54, 1.807) is 6.92 Å². The minimum absolute atomic E-state index is 0.00589. The van der Waals surface area contributed by atoms with Crippen molar-refractivity contribution in [2.75, 3.05) is 13.2 Å². The van der Waals surface area contributed by atoms with Gasteiger partial charge in [-0.05, 0) is 13.3 Å². The number of hydrogen-bond acceptors (Lipinski definition) is 3. The van der Waals surface area contributed by atoms with Crippen LogP contribution >= 0.6 is 0 Å². The maximum absolute atomic E-state index is 11.4. The van der Waals surface area contributed by atoms with Crippen LogP contribution in [-0.2, 0) is 14.3 Å². The van der Waals surface area contributed by atoms with E-state index in [1.807, 2.05) is 20.8 Å². The van der Waals surface area contributed by atoms with E-state index in [1.165, 1.54) is 0 Å². The second kappa shape index (κ2) is 6.43. The number of hydrogen-bond donors (Lipinski definition) is 1. The smallest absolute Gasteiger partial charge is 0.305 e. The van der Waals surface area contributed by atoms with E-state index in [2.05, 4.69) is 5.32 Å². The molecule has 0 aliphatic carbocycles. The summed E-state index contributed by atoms with van der Waals surface area (Å²) in [6, 6.07) is 0. The van der Waals surface area contributed by atoms with E-state index in [4.69, 9.17) is 4.74 Å². The maximum Gasteiger partial charge on any atom is 0.305 e. The Balaban J connectivity index is 3.55. The summed E-state index contributed by atoms with van der Waals surface area (Å²) in [6.45, 7) is 8.27. The van der Waals surface area contributed by atoms with Gasteiger partial charge in [0.25, 0.3) is 0 Å². The maximum atomic E-state index is 11.4. The molecule has 0 aromatic heterocycles. The van der Waals surface area contributed by atoms with Crippen molar-refractivity contribution in [3.05, 3.63) is 0 Å². The van der Waals surface area contributed by atoms with Crippen LogP contribution in [0.5, 0.6) is 0 Å². The van der Waals surface area contributed by atoms with E-state index in [9.17, 15) is 9.59 Å². The summed E-state index contributed by atoms with van der Waals surface area (Å²) in [5.74, 6) is -0.200. The molecule has 0 aliphatic rings. The topological polar surface area (TPSA) is 55.4 Å². The van der Waals surface area contributed by atoms with Gasteiger partial charge in [-0.2, -0.15) is 0 Å². The number of esters is 1. The van der Waals surface area contributed by atoms with Gasteiger partial charge >= 0.3 is 5.97 Å². The Bertz CT molecular complexity index is 218. The van der Waals surface area contributed by atoms with Crippen LogP contribution in [0.4, 0.5) is 0 Å². The van der Waals surface area contributed by atoms with Gasteiger partial charge in [-0.1, -0.05) is 20.8 Å². The Morgan fingerprint density at radius 2 is 1.87 bits per heavy atom. The number of rotatable bonds is 5. The van der Waals surface area contributed by atoms with E-state index < -0.39 is 0 Å². The molecule has 4 nitrogen and oxygen atoms in total. The van der Waals surface area contributed by atoms with Crippen LogP contribution in [-0.4, -0.2) is 25.0 Å². The van der Waals surface area contributed by atoms with Crippen molar-refractivity contribution in [1.29, 1.82) is 0 Å². The van der Waals surface area contributed by atoms with Gasteiger partial charge in [0.2, 0.25) is 5.91 Å². The molecule has 1 N–H and O–H groups in total. The zero-order valence-electron chi connectivity index (χ0n) is 10.1. The van der Waals surface area contributed by atoms with E-state index in [-0.39, 0.29) is 17.3 Å². The molecule has 0 aliphatic heterocycles. The van der Waals surface area contributed by atoms with Crippen molar-refractivity contribution in [2.45, 2.75) is 40.5 Å². The van der Waals surface area contributed by atoms with Crippen LogP contribution in [0.15, 0.2) is 0 Å². The molecule has 0 atom stereocenters. The highest BCUT2D eigenvalue weighted by Gasteiger charge is 2.20. The first-order valence-corrected chi connectivity index (χ1v) is 5.32. The number of ether oxygens (including phenoxy) is 1. The predicted octanol–water partition coefficient (Wildman–Crippen LogP) is 1.49. The Hall–Kier alpha value is -1.06. The molecule has 0 bridgehead atoms. The van der Waals surface area contributed by atoms with Crippen molar-refractivity contribution in [3.8, 4) is 0 Å². The van der Waals surface area contributed by atoms with Crippen molar-refractivity contribution in [3.63, 3.8) is 0 Å². The average Bonchev–Trinajstić information content (AvgIpc) is 2.11. The molecule has 0 aromatic rings. The zero-order chi connectivity index (χ0) is 11.9. The monoisotopic (exact) mass is 215 g/mol. The molecule has 0 fully saturated rings. The highest BCUT2D eigenvalue weighted by Crippen LogP contribution is 2.12. The van der Waals surface area contributed by atoms with Crippen LogP contribution in [0.1, 0.15) is 40.5 Å². The van der Waals surface area contributed by atoms with Gasteiger partial charge in [-0.25, -0.2) is 0 Å². The molecular formula is C11H21NO3. The largest absolute Gasteiger partial charge is 0.466 e. The van der Waals surface area contributed by atoms with Crippen LogP contribution in [0.25, 0.3) is 0 Å². The fourth-order valence-corrected chi connectivity index (χ4v) is 0.933. The van der Waals surface area contributed by atoms with Crippen LogP contribution in [0.3, 0.4) is 0 Å². The third kappa shape index (κ3) is 6.94. The quantitative estimate of drug-likeness (QED) is 0.558. The number of carbonyl (C=O) groups excluding carboxylic acids is 2. The predicted molar refractivity (Wildman–Crippen MR) is 58.3 cm³/mol. The molecule has 0 radical (unpaired) electrons. The fraction of sp³-hybridized carbons (Fsp3) is 0.818. The van der Waals surface area contributed by atoms with Gasteiger partial charge in [-0.15, -0.1) is 0 Å². The molecule has 4 heteroatoms. The van der Waals surface area contributed by atoms with E-state index in [0.29, 0.717) is 26.0 Å². The molecule has 0 heterocycles. The highest BCUT2D eigenvalue weighted by molar-refractivity contribution is 5.81. The summed E-state index contributed by atoms with van der Waals surface area (Å²) in [5, 5.41) is 2.77. The first kappa shape index (κ1) is 13.9. The second-order valence-corrected chi connectivity index (χ2v) is 4.41. The van der Waals surface area contributed by atoms with Crippen molar-refractivity contribution >= 4 is 11.9 Å². The molecule has 0 unspecified atom stereocenters. The van der Waals surface area contributed by atoms with Gasteiger partial charge in [0.15, 0.2) is 0 Å². The van der Waals surface area contributed by atoms with Crippen molar-refractivity contribution < 1.29 is 14.3 Å².